The average molecular weight is 256 g/mol. The number of carbonyl (C=O) groups is 1. The predicted octanol–water partition coefficient (Wildman–Crippen LogP) is 1.78. The van der Waals surface area contributed by atoms with E-state index in [2.05, 4.69) is 11.9 Å². The molecule has 0 heterocycles. The fourth-order valence-electron chi connectivity index (χ4n) is 2.42. The summed E-state index contributed by atoms with van der Waals surface area (Å²) in [6.45, 7) is 4.06. The quantitative estimate of drug-likeness (QED) is 0.531. The number of methoxy groups -OCH3 is 1. The van der Waals surface area contributed by atoms with Crippen molar-refractivity contribution < 1.29 is 9.53 Å². The summed E-state index contributed by atoms with van der Waals surface area (Å²) in [6.07, 6.45) is 6.95. The van der Waals surface area contributed by atoms with Gasteiger partial charge in [-0.15, -0.1) is 0 Å². The molecule has 1 saturated carbocycles. The van der Waals surface area contributed by atoms with E-state index < -0.39 is 5.54 Å². The van der Waals surface area contributed by atoms with E-state index in [1.54, 1.807) is 6.92 Å². The summed E-state index contributed by atoms with van der Waals surface area (Å²) in [7, 11) is 3.57. The summed E-state index contributed by atoms with van der Waals surface area (Å²) in [5.41, 5.74) is 5.08. The lowest BCUT2D eigenvalue weighted by atomic mass is 9.85. The molecule has 0 aromatic carbocycles. The molecule has 1 fully saturated rings. The summed E-state index contributed by atoms with van der Waals surface area (Å²) in [6, 6.07) is 0. The molecule has 1 atom stereocenters. The van der Waals surface area contributed by atoms with Gasteiger partial charge in [-0.25, -0.2) is 0 Å². The zero-order chi connectivity index (χ0) is 13.6. The molecule has 1 unspecified atom stereocenters. The zero-order valence-corrected chi connectivity index (χ0v) is 12.1. The molecular formula is C14H28N2O2. The standard InChI is InChI=1S/C14H28N2O2/c1-14(15,13(17)18-3)9-4-5-10-16(2)11-12-7-6-8-12/h12H,4-11,15H2,1-3H3. The highest BCUT2D eigenvalue weighted by molar-refractivity contribution is 5.79. The van der Waals surface area contributed by atoms with Gasteiger partial charge in [0.05, 0.1) is 7.11 Å². The van der Waals surface area contributed by atoms with Crippen LogP contribution in [0.15, 0.2) is 0 Å². The fraction of sp³-hybridized carbons (Fsp3) is 0.929. The zero-order valence-electron chi connectivity index (χ0n) is 12.1. The molecule has 0 amide bonds. The predicted molar refractivity (Wildman–Crippen MR) is 73.3 cm³/mol. The summed E-state index contributed by atoms with van der Waals surface area (Å²) in [4.78, 5) is 13.8. The first-order chi connectivity index (χ1) is 8.45. The summed E-state index contributed by atoms with van der Waals surface area (Å²) in [5, 5.41) is 0. The van der Waals surface area contributed by atoms with Crippen molar-refractivity contribution in [1.29, 1.82) is 0 Å². The van der Waals surface area contributed by atoms with Gasteiger partial charge in [-0.1, -0.05) is 6.42 Å². The van der Waals surface area contributed by atoms with Gasteiger partial charge in [0.2, 0.25) is 0 Å². The van der Waals surface area contributed by atoms with Gasteiger partial charge in [0.1, 0.15) is 5.54 Å². The molecule has 1 aliphatic rings. The van der Waals surface area contributed by atoms with Gasteiger partial charge in [0, 0.05) is 6.54 Å². The van der Waals surface area contributed by atoms with E-state index in [4.69, 9.17) is 10.5 Å². The van der Waals surface area contributed by atoms with Crippen molar-refractivity contribution in [2.24, 2.45) is 11.7 Å². The van der Waals surface area contributed by atoms with E-state index in [1.165, 1.54) is 32.9 Å². The van der Waals surface area contributed by atoms with Crippen LogP contribution >= 0.6 is 0 Å². The Morgan fingerprint density at radius 3 is 2.61 bits per heavy atom. The highest BCUT2D eigenvalue weighted by atomic mass is 16.5. The van der Waals surface area contributed by atoms with Crippen molar-refractivity contribution in [2.75, 3.05) is 27.2 Å². The molecule has 18 heavy (non-hydrogen) atoms. The minimum absolute atomic E-state index is 0.315. The number of nitrogens with zero attached hydrogens (tertiary/aromatic N) is 1. The van der Waals surface area contributed by atoms with Gasteiger partial charge >= 0.3 is 5.97 Å². The Balaban J connectivity index is 2.08. The van der Waals surface area contributed by atoms with Gasteiger partial charge in [-0.3, -0.25) is 4.79 Å². The van der Waals surface area contributed by atoms with Crippen molar-refractivity contribution in [3.8, 4) is 0 Å². The van der Waals surface area contributed by atoms with Crippen LogP contribution in [0.25, 0.3) is 0 Å². The van der Waals surface area contributed by atoms with Crippen LogP contribution in [-0.4, -0.2) is 43.7 Å². The fourth-order valence-corrected chi connectivity index (χ4v) is 2.42. The molecule has 0 saturated heterocycles. The largest absolute Gasteiger partial charge is 0.468 e. The maximum absolute atomic E-state index is 11.4. The van der Waals surface area contributed by atoms with Crippen molar-refractivity contribution in [3.05, 3.63) is 0 Å². The lowest BCUT2D eigenvalue weighted by Gasteiger charge is -2.30. The normalized spacial score (nSPS) is 19.4. The Labute approximate surface area is 111 Å². The van der Waals surface area contributed by atoms with Gasteiger partial charge < -0.3 is 15.4 Å². The van der Waals surface area contributed by atoms with Crippen molar-refractivity contribution in [2.45, 2.75) is 51.0 Å². The molecule has 106 valence electrons. The molecule has 4 heteroatoms. The maximum atomic E-state index is 11.4. The Bertz CT molecular complexity index is 263. The number of nitrogens with two attached hydrogens (primary N) is 1. The molecule has 0 spiro atoms. The SMILES string of the molecule is COC(=O)C(C)(N)CCCCN(C)CC1CCC1. The van der Waals surface area contributed by atoms with Crippen LogP contribution in [-0.2, 0) is 9.53 Å². The van der Waals surface area contributed by atoms with Crippen LogP contribution in [0.1, 0.15) is 45.4 Å². The second kappa shape index (κ2) is 7.10. The molecular weight excluding hydrogens is 228 g/mol. The number of hydrogen-bond acceptors (Lipinski definition) is 4. The number of esters is 1. The van der Waals surface area contributed by atoms with Crippen LogP contribution in [0.3, 0.4) is 0 Å². The number of carbonyl (C=O) groups excluding carboxylic acids is 1. The van der Waals surface area contributed by atoms with Gasteiger partial charge in [0.15, 0.2) is 0 Å². The van der Waals surface area contributed by atoms with Crippen LogP contribution in [0, 0.1) is 5.92 Å². The van der Waals surface area contributed by atoms with Crippen LogP contribution in [0.4, 0.5) is 0 Å². The molecule has 0 radical (unpaired) electrons. The van der Waals surface area contributed by atoms with E-state index in [-0.39, 0.29) is 5.97 Å². The van der Waals surface area contributed by atoms with E-state index in [0.717, 1.165) is 25.3 Å². The van der Waals surface area contributed by atoms with E-state index in [0.29, 0.717) is 6.42 Å². The smallest absolute Gasteiger partial charge is 0.325 e. The first-order valence-electron chi connectivity index (χ1n) is 7.01. The second-order valence-corrected chi connectivity index (χ2v) is 5.93. The molecule has 0 aliphatic heterocycles. The number of hydrogen-bond donors (Lipinski definition) is 1. The molecule has 0 aromatic heterocycles. The molecule has 2 N–H and O–H groups in total. The van der Waals surface area contributed by atoms with Gasteiger partial charge in [0.25, 0.3) is 0 Å². The summed E-state index contributed by atoms with van der Waals surface area (Å²) >= 11 is 0. The molecule has 0 aromatic rings. The summed E-state index contributed by atoms with van der Waals surface area (Å²) < 4.78 is 4.69. The van der Waals surface area contributed by atoms with E-state index in [9.17, 15) is 4.79 Å². The number of ether oxygens (including phenoxy) is 1. The topological polar surface area (TPSA) is 55.6 Å². The third kappa shape index (κ3) is 4.94. The molecule has 1 aliphatic carbocycles. The highest BCUT2D eigenvalue weighted by Gasteiger charge is 2.28. The summed E-state index contributed by atoms with van der Waals surface area (Å²) in [5.74, 6) is 0.607. The lowest BCUT2D eigenvalue weighted by Crippen LogP contribution is -2.45. The first kappa shape index (κ1) is 15.4. The third-order valence-electron chi connectivity index (χ3n) is 3.93. The maximum Gasteiger partial charge on any atom is 0.325 e. The number of unbranched alkanes of at least 4 members (excludes halogenated alkanes) is 1. The lowest BCUT2D eigenvalue weighted by molar-refractivity contribution is -0.146. The minimum Gasteiger partial charge on any atom is -0.468 e. The Hall–Kier alpha value is -0.610. The van der Waals surface area contributed by atoms with Crippen molar-refractivity contribution in [3.63, 3.8) is 0 Å². The van der Waals surface area contributed by atoms with Gasteiger partial charge in [-0.2, -0.15) is 0 Å². The van der Waals surface area contributed by atoms with Crippen LogP contribution < -0.4 is 5.73 Å². The molecule has 4 nitrogen and oxygen atoms in total. The Morgan fingerprint density at radius 2 is 2.11 bits per heavy atom. The minimum atomic E-state index is -0.832. The van der Waals surface area contributed by atoms with Crippen LogP contribution in [0.2, 0.25) is 0 Å². The van der Waals surface area contributed by atoms with Crippen molar-refractivity contribution in [1.82, 2.24) is 4.90 Å². The highest BCUT2D eigenvalue weighted by Crippen LogP contribution is 2.26. The first-order valence-corrected chi connectivity index (χ1v) is 7.01. The second-order valence-electron chi connectivity index (χ2n) is 5.93. The Kier molecular flexibility index (Phi) is 6.09. The van der Waals surface area contributed by atoms with Crippen LogP contribution in [0.5, 0.6) is 0 Å². The van der Waals surface area contributed by atoms with Gasteiger partial charge in [-0.05, 0) is 58.5 Å². The molecule has 0 bridgehead atoms. The van der Waals surface area contributed by atoms with E-state index >= 15 is 0 Å². The monoisotopic (exact) mass is 256 g/mol. The average Bonchev–Trinajstić information content (AvgIpc) is 2.28. The van der Waals surface area contributed by atoms with Crippen molar-refractivity contribution >= 4 is 5.97 Å². The third-order valence-corrected chi connectivity index (χ3v) is 3.93. The Morgan fingerprint density at radius 1 is 1.44 bits per heavy atom. The molecule has 1 rings (SSSR count). The van der Waals surface area contributed by atoms with E-state index in [1.807, 2.05) is 0 Å². The number of rotatable bonds is 8.